The van der Waals surface area contributed by atoms with Crippen LogP contribution in [0.1, 0.15) is 0 Å². The van der Waals surface area contributed by atoms with Crippen molar-refractivity contribution < 1.29 is 0 Å². The average molecular weight is 167 g/mol. The number of nitrogens with one attached hydrogen (secondary N) is 1. The van der Waals surface area contributed by atoms with Crippen molar-refractivity contribution in [1.82, 2.24) is 20.4 Å². The number of hydrogen-bond donors (Lipinski definition) is 2. The summed E-state index contributed by atoms with van der Waals surface area (Å²) in [6, 6.07) is 0. The van der Waals surface area contributed by atoms with Crippen molar-refractivity contribution in [1.29, 1.82) is 0 Å². The largest absolute Gasteiger partial charge is 0.383 e. The van der Waals surface area contributed by atoms with Crippen LogP contribution in [0.25, 0.3) is 10.7 Å². The molecule has 5 nitrogen and oxygen atoms in total. The van der Waals surface area contributed by atoms with Gasteiger partial charge in [0.15, 0.2) is 0 Å². The summed E-state index contributed by atoms with van der Waals surface area (Å²) in [5.74, 6) is 0.521. The summed E-state index contributed by atoms with van der Waals surface area (Å²) in [6.45, 7) is 0. The first kappa shape index (κ1) is 6.29. The highest BCUT2D eigenvalue weighted by molar-refractivity contribution is 7.13. The smallest absolute Gasteiger partial charge is 0.147 e. The Morgan fingerprint density at radius 1 is 1.55 bits per heavy atom. The summed E-state index contributed by atoms with van der Waals surface area (Å²) in [5, 5.41) is 12.6. The van der Waals surface area contributed by atoms with Crippen LogP contribution in [0.3, 0.4) is 0 Å². The van der Waals surface area contributed by atoms with Crippen molar-refractivity contribution in [3.8, 4) is 10.7 Å². The Balaban J connectivity index is 2.45. The van der Waals surface area contributed by atoms with Crippen LogP contribution < -0.4 is 5.73 Å². The fourth-order valence-electron chi connectivity index (χ4n) is 0.708. The first-order valence-electron chi connectivity index (χ1n) is 2.93. The highest BCUT2D eigenvalue weighted by Gasteiger charge is 2.03. The van der Waals surface area contributed by atoms with E-state index in [4.69, 9.17) is 5.73 Å². The van der Waals surface area contributed by atoms with Crippen molar-refractivity contribution in [3.63, 3.8) is 0 Å². The quantitative estimate of drug-likeness (QED) is 0.648. The topological polar surface area (TPSA) is 80.5 Å². The Labute approximate surface area is 66.3 Å². The lowest BCUT2D eigenvalue weighted by atomic mass is 10.5. The van der Waals surface area contributed by atoms with Gasteiger partial charge in [0.25, 0.3) is 0 Å². The lowest BCUT2D eigenvalue weighted by Gasteiger charge is -1.81. The molecular weight excluding hydrogens is 162 g/mol. The van der Waals surface area contributed by atoms with E-state index < -0.39 is 0 Å². The molecule has 2 heterocycles. The molecule has 2 rings (SSSR count). The highest BCUT2D eigenvalue weighted by atomic mass is 32.1. The molecule has 2 aromatic heterocycles. The number of anilines is 1. The van der Waals surface area contributed by atoms with E-state index in [9.17, 15) is 0 Å². The number of aromatic amines is 1. The molecule has 2 aromatic rings. The minimum absolute atomic E-state index is 0.521. The number of hydrogen-bond acceptors (Lipinski definition) is 5. The first-order valence-corrected chi connectivity index (χ1v) is 3.81. The second-order valence-electron chi connectivity index (χ2n) is 1.93. The van der Waals surface area contributed by atoms with Gasteiger partial charge >= 0.3 is 0 Å². The molecule has 0 aliphatic carbocycles. The molecule has 3 N–H and O–H groups in total. The van der Waals surface area contributed by atoms with Crippen LogP contribution in [0.5, 0.6) is 0 Å². The number of thiazole rings is 1. The summed E-state index contributed by atoms with van der Waals surface area (Å²) in [7, 11) is 0. The van der Waals surface area contributed by atoms with Crippen molar-refractivity contribution >= 4 is 17.2 Å². The normalized spacial score (nSPS) is 10.2. The summed E-state index contributed by atoms with van der Waals surface area (Å²) < 4.78 is 0. The molecule has 0 aromatic carbocycles. The molecule has 11 heavy (non-hydrogen) atoms. The fourth-order valence-corrected chi connectivity index (χ4v) is 1.37. The van der Waals surface area contributed by atoms with Crippen LogP contribution in [0, 0.1) is 0 Å². The standard InChI is InChI=1S/C5H5N5S/c6-4-2-11-5(8-4)3-1-7-10-9-3/h1-2H,6H2,(H,7,9,10). The number of H-pyrrole nitrogens is 1. The Bertz CT molecular complexity index is 337. The van der Waals surface area contributed by atoms with Gasteiger partial charge in [0, 0.05) is 5.38 Å². The summed E-state index contributed by atoms with van der Waals surface area (Å²) in [6.07, 6.45) is 1.61. The molecule has 0 aliphatic heterocycles. The molecule has 0 saturated carbocycles. The molecule has 0 amide bonds. The van der Waals surface area contributed by atoms with E-state index >= 15 is 0 Å². The van der Waals surface area contributed by atoms with E-state index in [0.717, 1.165) is 10.7 Å². The predicted molar refractivity (Wildman–Crippen MR) is 41.9 cm³/mol. The molecule has 0 saturated heterocycles. The van der Waals surface area contributed by atoms with E-state index in [2.05, 4.69) is 20.4 Å². The second-order valence-corrected chi connectivity index (χ2v) is 2.79. The SMILES string of the molecule is Nc1csc(-c2cn[nH]n2)n1. The van der Waals surface area contributed by atoms with E-state index in [1.54, 1.807) is 11.6 Å². The zero-order chi connectivity index (χ0) is 7.68. The van der Waals surface area contributed by atoms with Gasteiger partial charge in [-0.2, -0.15) is 15.4 Å². The second kappa shape index (κ2) is 2.31. The monoisotopic (exact) mass is 167 g/mol. The van der Waals surface area contributed by atoms with Gasteiger partial charge in [-0.15, -0.1) is 11.3 Å². The fraction of sp³-hybridized carbons (Fsp3) is 0. The summed E-state index contributed by atoms with van der Waals surface area (Å²) in [5.41, 5.74) is 6.15. The van der Waals surface area contributed by atoms with Crippen molar-refractivity contribution in [3.05, 3.63) is 11.6 Å². The Morgan fingerprint density at radius 3 is 3.00 bits per heavy atom. The van der Waals surface area contributed by atoms with Crippen molar-refractivity contribution in [2.24, 2.45) is 0 Å². The minimum Gasteiger partial charge on any atom is -0.383 e. The van der Waals surface area contributed by atoms with Crippen LogP contribution in [0.2, 0.25) is 0 Å². The van der Waals surface area contributed by atoms with E-state index in [1.807, 2.05) is 0 Å². The first-order chi connectivity index (χ1) is 5.36. The molecule has 0 fully saturated rings. The van der Waals surface area contributed by atoms with Gasteiger partial charge in [0.2, 0.25) is 0 Å². The molecule has 0 atom stereocenters. The summed E-state index contributed by atoms with van der Waals surface area (Å²) in [4.78, 5) is 4.03. The zero-order valence-corrected chi connectivity index (χ0v) is 6.30. The van der Waals surface area contributed by atoms with Crippen molar-refractivity contribution in [2.45, 2.75) is 0 Å². The molecule has 0 spiro atoms. The lowest BCUT2D eigenvalue weighted by Crippen LogP contribution is -1.83. The molecule has 0 unspecified atom stereocenters. The van der Waals surface area contributed by atoms with Gasteiger partial charge in [0.1, 0.15) is 16.5 Å². The Morgan fingerprint density at radius 2 is 2.45 bits per heavy atom. The van der Waals surface area contributed by atoms with Gasteiger partial charge < -0.3 is 5.73 Å². The van der Waals surface area contributed by atoms with Crippen molar-refractivity contribution in [2.75, 3.05) is 5.73 Å². The maximum Gasteiger partial charge on any atom is 0.147 e. The van der Waals surface area contributed by atoms with Crippen LogP contribution in [-0.4, -0.2) is 20.4 Å². The van der Waals surface area contributed by atoms with Gasteiger partial charge in [-0.3, -0.25) is 0 Å². The van der Waals surface area contributed by atoms with Crippen LogP contribution in [0.15, 0.2) is 11.6 Å². The van der Waals surface area contributed by atoms with Crippen LogP contribution in [-0.2, 0) is 0 Å². The third kappa shape index (κ3) is 1.07. The number of nitrogens with zero attached hydrogens (tertiary/aromatic N) is 3. The lowest BCUT2D eigenvalue weighted by molar-refractivity contribution is 0.942. The third-order valence-electron chi connectivity index (χ3n) is 1.16. The molecule has 0 radical (unpaired) electrons. The number of aromatic nitrogens is 4. The van der Waals surface area contributed by atoms with Gasteiger partial charge in [-0.1, -0.05) is 0 Å². The molecule has 0 bridgehead atoms. The minimum atomic E-state index is 0.521. The highest BCUT2D eigenvalue weighted by Crippen LogP contribution is 2.20. The maximum absolute atomic E-state index is 5.43. The van der Waals surface area contributed by atoms with E-state index in [1.165, 1.54) is 11.3 Å². The Kier molecular flexibility index (Phi) is 1.32. The molecule has 0 aliphatic rings. The van der Waals surface area contributed by atoms with Gasteiger partial charge in [-0.05, 0) is 0 Å². The number of nitrogens with two attached hydrogens (primary N) is 1. The number of rotatable bonds is 1. The molecule has 56 valence electrons. The molecular formula is C5H5N5S. The van der Waals surface area contributed by atoms with Crippen LogP contribution >= 0.6 is 11.3 Å². The summed E-state index contributed by atoms with van der Waals surface area (Å²) >= 11 is 1.45. The van der Waals surface area contributed by atoms with Gasteiger partial charge in [-0.25, -0.2) is 4.98 Å². The average Bonchev–Trinajstić information content (AvgIpc) is 2.55. The van der Waals surface area contributed by atoms with Gasteiger partial charge in [0.05, 0.1) is 6.20 Å². The van der Waals surface area contributed by atoms with Crippen LogP contribution in [0.4, 0.5) is 5.82 Å². The number of nitrogen functional groups attached to an aromatic ring is 1. The molecule has 6 heteroatoms. The third-order valence-corrected chi connectivity index (χ3v) is 2.04. The zero-order valence-electron chi connectivity index (χ0n) is 5.48. The maximum atomic E-state index is 5.43. The van der Waals surface area contributed by atoms with E-state index in [-0.39, 0.29) is 0 Å². The predicted octanol–water partition coefficient (Wildman–Crippen LogP) is 0.510. The van der Waals surface area contributed by atoms with E-state index in [0.29, 0.717) is 5.82 Å². The Hall–Kier alpha value is -1.43.